The van der Waals surface area contributed by atoms with E-state index in [1.165, 1.54) is 7.05 Å². The molecule has 0 heterocycles. The Morgan fingerprint density at radius 3 is 2.56 bits per heavy atom. The standard InChI is InChI=1S/C5H9NO3/c1-6-4(2-3-7)5(8)9/h3-4,6H,2H2,1H3,(H,8,9)/t4-/m0/s1. The number of hydrogen-bond donors (Lipinski definition) is 2. The molecule has 0 aliphatic heterocycles. The van der Waals surface area contributed by atoms with Crippen LogP contribution in [0.1, 0.15) is 6.42 Å². The predicted octanol–water partition coefficient (Wildman–Crippen LogP) is -0.752. The first-order valence-electron chi connectivity index (χ1n) is 2.56. The highest BCUT2D eigenvalue weighted by Crippen LogP contribution is 1.85. The number of likely N-dealkylation sites (N-methyl/N-ethyl adjacent to an activating group) is 1. The van der Waals surface area contributed by atoms with Crippen LogP contribution in [0.15, 0.2) is 0 Å². The number of carbonyl (C=O) groups is 2. The van der Waals surface area contributed by atoms with Crippen molar-refractivity contribution in [3.8, 4) is 0 Å². The summed E-state index contributed by atoms with van der Waals surface area (Å²) in [5.41, 5.74) is 0. The van der Waals surface area contributed by atoms with Crippen molar-refractivity contribution < 1.29 is 14.7 Å². The maximum Gasteiger partial charge on any atom is 0.321 e. The summed E-state index contributed by atoms with van der Waals surface area (Å²) in [6.07, 6.45) is 0.598. The topological polar surface area (TPSA) is 66.4 Å². The number of carboxylic acids is 1. The Morgan fingerprint density at radius 2 is 2.44 bits per heavy atom. The van der Waals surface area contributed by atoms with Gasteiger partial charge in [-0.1, -0.05) is 0 Å². The van der Waals surface area contributed by atoms with Crippen LogP contribution in [-0.2, 0) is 9.59 Å². The lowest BCUT2D eigenvalue weighted by molar-refractivity contribution is -0.140. The molecule has 4 heteroatoms. The Morgan fingerprint density at radius 1 is 1.89 bits per heavy atom. The zero-order chi connectivity index (χ0) is 7.28. The molecule has 1 atom stereocenters. The van der Waals surface area contributed by atoms with E-state index in [9.17, 15) is 9.59 Å². The van der Waals surface area contributed by atoms with Crippen molar-refractivity contribution >= 4 is 12.3 Å². The second-order valence-corrected chi connectivity index (χ2v) is 1.58. The van der Waals surface area contributed by atoms with Gasteiger partial charge in [-0.15, -0.1) is 0 Å². The van der Waals surface area contributed by atoms with E-state index in [-0.39, 0.29) is 6.42 Å². The molecule has 0 radical (unpaired) electrons. The van der Waals surface area contributed by atoms with Crippen molar-refractivity contribution in [1.29, 1.82) is 0 Å². The van der Waals surface area contributed by atoms with Crippen molar-refractivity contribution in [1.82, 2.24) is 5.32 Å². The number of hydrogen-bond acceptors (Lipinski definition) is 3. The summed E-state index contributed by atoms with van der Waals surface area (Å²) >= 11 is 0. The molecule has 0 aliphatic carbocycles. The van der Waals surface area contributed by atoms with E-state index < -0.39 is 12.0 Å². The highest BCUT2D eigenvalue weighted by molar-refractivity contribution is 5.76. The molecule has 0 aromatic rings. The van der Waals surface area contributed by atoms with Crippen LogP contribution in [0.5, 0.6) is 0 Å². The molecule has 4 nitrogen and oxygen atoms in total. The number of aldehydes is 1. The Bertz CT molecular complexity index is 113. The van der Waals surface area contributed by atoms with Gasteiger partial charge in [-0.3, -0.25) is 4.79 Å². The molecule has 0 unspecified atom stereocenters. The van der Waals surface area contributed by atoms with Gasteiger partial charge in [0.25, 0.3) is 0 Å². The van der Waals surface area contributed by atoms with E-state index in [1.54, 1.807) is 0 Å². The maximum atomic E-state index is 10.1. The molecule has 0 saturated heterocycles. The molecule has 2 N–H and O–H groups in total. The molecule has 0 aromatic heterocycles. The zero-order valence-corrected chi connectivity index (χ0v) is 5.13. The van der Waals surface area contributed by atoms with E-state index in [4.69, 9.17) is 5.11 Å². The molecular weight excluding hydrogens is 122 g/mol. The molecule has 52 valence electrons. The van der Waals surface area contributed by atoms with Gasteiger partial charge >= 0.3 is 5.97 Å². The average Bonchev–Trinajstić information content (AvgIpc) is 1.82. The van der Waals surface area contributed by atoms with Crippen molar-refractivity contribution in [2.45, 2.75) is 12.5 Å². The molecule has 0 fully saturated rings. The van der Waals surface area contributed by atoms with Crippen LogP contribution in [-0.4, -0.2) is 30.5 Å². The minimum Gasteiger partial charge on any atom is -0.480 e. The summed E-state index contributed by atoms with van der Waals surface area (Å²) in [7, 11) is 1.50. The summed E-state index contributed by atoms with van der Waals surface area (Å²) in [4.78, 5) is 19.9. The lowest BCUT2D eigenvalue weighted by Crippen LogP contribution is -2.33. The predicted molar refractivity (Wildman–Crippen MR) is 31.2 cm³/mol. The fourth-order valence-electron chi connectivity index (χ4n) is 0.438. The van der Waals surface area contributed by atoms with E-state index in [0.29, 0.717) is 6.29 Å². The Kier molecular flexibility index (Phi) is 3.62. The zero-order valence-electron chi connectivity index (χ0n) is 5.13. The lowest BCUT2D eigenvalue weighted by atomic mass is 10.2. The van der Waals surface area contributed by atoms with Crippen molar-refractivity contribution in [3.63, 3.8) is 0 Å². The van der Waals surface area contributed by atoms with Gasteiger partial charge in [0.1, 0.15) is 12.3 Å². The third kappa shape index (κ3) is 2.81. The molecular formula is C5H9NO3. The first kappa shape index (κ1) is 8.10. The molecule has 0 spiro atoms. The Hall–Kier alpha value is -0.900. The van der Waals surface area contributed by atoms with Crippen molar-refractivity contribution in [2.24, 2.45) is 0 Å². The van der Waals surface area contributed by atoms with E-state index in [2.05, 4.69) is 5.32 Å². The minimum absolute atomic E-state index is 0.0197. The number of rotatable bonds is 4. The molecule has 0 rings (SSSR count). The quantitative estimate of drug-likeness (QED) is 0.492. The Labute approximate surface area is 52.9 Å². The van der Waals surface area contributed by atoms with Gasteiger partial charge in [0.2, 0.25) is 0 Å². The second kappa shape index (κ2) is 4.03. The van der Waals surface area contributed by atoms with Crippen LogP contribution in [0.3, 0.4) is 0 Å². The maximum absolute atomic E-state index is 10.1. The van der Waals surface area contributed by atoms with Crippen LogP contribution < -0.4 is 5.32 Å². The van der Waals surface area contributed by atoms with Crippen LogP contribution in [0.2, 0.25) is 0 Å². The van der Waals surface area contributed by atoms with Crippen LogP contribution in [0.25, 0.3) is 0 Å². The summed E-state index contributed by atoms with van der Waals surface area (Å²) in [5, 5.41) is 10.8. The normalized spacial score (nSPS) is 12.6. The lowest BCUT2D eigenvalue weighted by Gasteiger charge is -2.04. The summed E-state index contributed by atoms with van der Waals surface area (Å²) in [6, 6.07) is -0.734. The Balaban J connectivity index is 3.67. The highest BCUT2D eigenvalue weighted by atomic mass is 16.4. The SMILES string of the molecule is CN[C@@H](CC=O)C(=O)O. The first-order chi connectivity index (χ1) is 4.22. The molecule has 0 amide bonds. The molecule has 0 saturated carbocycles. The number of nitrogens with one attached hydrogen (secondary N) is 1. The van der Waals surface area contributed by atoms with Gasteiger partial charge in [0.15, 0.2) is 0 Å². The summed E-state index contributed by atoms with van der Waals surface area (Å²) in [5.74, 6) is -0.996. The monoisotopic (exact) mass is 131 g/mol. The molecule has 0 aromatic carbocycles. The number of carboxylic acid groups (broad SMARTS) is 1. The van der Waals surface area contributed by atoms with E-state index >= 15 is 0 Å². The van der Waals surface area contributed by atoms with Crippen molar-refractivity contribution in [3.05, 3.63) is 0 Å². The number of carbonyl (C=O) groups excluding carboxylic acids is 1. The van der Waals surface area contributed by atoms with Gasteiger partial charge in [0.05, 0.1) is 0 Å². The van der Waals surface area contributed by atoms with E-state index in [0.717, 1.165) is 0 Å². The van der Waals surface area contributed by atoms with Gasteiger partial charge < -0.3 is 15.2 Å². The third-order valence-corrected chi connectivity index (χ3v) is 0.978. The molecule has 9 heavy (non-hydrogen) atoms. The van der Waals surface area contributed by atoms with Crippen LogP contribution >= 0.6 is 0 Å². The largest absolute Gasteiger partial charge is 0.480 e. The smallest absolute Gasteiger partial charge is 0.321 e. The third-order valence-electron chi connectivity index (χ3n) is 0.978. The summed E-state index contributed by atoms with van der Waals surface area (Å²) < 4.78 is 0. The first-order valence-corrected chi connectivity index (χ1v) is 2.56. The van der Waals surface area contributed by atoms with Gasteiger partial charge in [-0.25, -0.2) is 0 Å². The average molecular weight is 131 g/mol. The highest BCUT2D eigenvalue weighted by Gasteiger charge is 2.12. The van der Waals surface area contributed by atoms with Gasteiger partial charge in [0, 0.05) is 6.42 Å². The fourth-order valence-corrected chi connectivity index (χ4v) is 0.438. The molecule has 0 bridgehead atoms. The van der Waals surface area contributed by atoms with Gasteiger partial charge in [-0.05, 0) is 7.05 Å². The fraction of sp³-hybridized carbons (Fsp3) is 0.600. The molecule has 0 aliphatic rings. The van der Waals surface area contributed by atoms with E-state index in [1.807, 2.05) is 0 Å². The van der Waals surface area contributed by atoms with Crippen molar-refractivity contribution in [2.75, 3.05) is 7.05 Å². The van der Waals surface area contributed by atoms with Gasteiger partial charge in [-0.2, -0.15) is 0 Å². The van der Waals surface area contributed by atoms with Crippen LogP contribution in [0, 0.1) is 0 Å². The summed E-state index contributed by atoms with van der Waals surface area (Å²) in [6.45, 7) is 0. The number of aliphatic carboxylic acids is 1. The minimum atomic E-state index is -0.996. The van der Waals surface area contributed by atoms with Crippen LogP contribution in [0.4, 0.5) is 0 Å². The second-order valence-electron chi connectivity index (χ2n) is 1.58.